The maximum absolute atomic E-state index is 11.6. The molecular formula is C12H23N3OS. The zero-order valence-corrected chi connectivity index (χ0v) is 12.0. The molecule has 1 N–H and O–H groups in total. The third-order valence-corrected chi connectivity index (χ3v) is 3.85. The molecule has 1 aliphatic heterocycles. The van der Waals surface area contributed by atoms with E-state index in [1.807, 2.05) is 6.92 Å². The molecule has 1 aliphatic rings. The quantitative estimate of drug-likeness (QED) is 0.813. The number of carbonyl (C=O) groups is 1. The predicted molar refractivity (Wildman–Crippen MR) is 74.4 cm³/mol. The second-order valence-corrected chi connectivity index (χ2v) is 5.82. The van der Waals surface area contributed by atoms with Crippen LogP contribution in [0, 0.1) is 5.92 Å². The van der Waals surface area contributed by atoms with Crippen molar-refractivity contribution in [1.29, 1.82) is 0 Å². The van der Waals surface area contributed by atoms with Gasteiger partial charge in [0.15, 0.2) is 5.17 Å². The third-order valence-electron chi connectivity index (χ3n) is 2.76. The molecule has 0 radical (unpaired) electrons. The van der Waals surface area contributed by atoms with Crippen LogP contribution in [-0.4, -0.2) is 47.9 Å². The van der Waals surface area contributed by atoms with Crippen molar-refractivity contribution in [3.05, 3.63) is 0 Å². The van der Waals surface area contributed by atoms with Crippen LogP contribution in [0.25, 0.3) is 0 Å². The molecule has 98 valence electrons. The lowest BCUT2D eigenvalue weighted by atomic mass is 10.1. The molecule has 0 spiro atoms. The Morgan fingerprint density at radius 1 is 1.65 bits per heavy atom. The van der Waals surface area contributed by atoms with Crippen LogP contribution in [0.3, 0.4) is 0 Å². The molecule has 1 rings (SSSR count). The number of amides is 1. The minimum Gasteiger partial charge on any atom is -0.361 e. The lowest BCUT2D eigenvalue weighted by molar-refractivity contribution is -0.128. The van der Waals surface area contributed by atoms with E-state index in [0.717, 1.165) is 23.9 Å². The lowest BCUT2D eigenvalue weighted by Crippen LogP contribution is -2.31. The molecule has 1 amide bonds. The number of hydrogen-bond donors (Lipinski definition) is 1. The summed E-state index contributed by atoms with van der Waals surface area (Å²) in [6.07, 6.45) is 1.16. The van der Waals surface area contributed by atoms with Gasteiger partial charge in [0, 0.05) is 25.4 Å². The van der Waals surface area contributed by atoms with Crippen LogP contribution in [0.15, 0.2) is 4.99 Å². The maximum atomic E-state index is 11.6. The monoisotopic (exact) mass is 257 g/mol. The molecule has 0 aromatic carbocycles. The lowest BCUT2D eigenvalue weighted by Gasteiger charge is -2.13. The van der Waals surface area contributed by atoms with Gasteiger partial charge in [-0.25, -0.2) is 0 Å². The largest absolute Gasteiger partial charge is 0.361 e. The van der Waals surface area contributed by atoms with Crippen molar-refractivity contribution in [3.63, 3.8) is 0 Å². The molecule has 1 saturated heterocycles. The Kier molecular flexibility index (Phi) is 5.82. The van der Waals surface area contributed by atoms with Crippen LogP contribution >= 0.6 is 11.8 Å². The van der Waals surface area contributed by atoms with Gasteiger partial charge in [0.2, 0.25) is 5.91 Å². The zero-order chi connectivity index (χ0) is 12.8. The zero-order valence-electron chi connectivity index (χ0n) is 11.2. The molecule has 5 heteroatoms. The Hall–Kier alpha value is -0.710. The summed E-state index contributed by atoms with van der Waals surface area (Å²) in [6, 6.07) is 0.512. The van der Waals surface area contributed by atoms with Gasteiger partial charge in [-0.15, -0.1) is 0 Å². The first-order chi connectivity index (χ1) is 8.02. The van der Waals surface area contributed by atoms with Crippen LogP contribution in [0.4, 0.5) is 0 Å². The Labute approximate surface area is 108 Å². The molecule has 4 nitrogen and oxygen atoms in total. The highest BCUT2D eigenvalue weighted by Gasteiger charge is 2.21. The van der Waals surface area contributed by atoms with Crippen molar-refractivity contribution in [3.8, 4) is 0 Å². The number of hydrogen-bond acceptors (Lipinski definition) is 3. The Bertz CT molecular complexity index is 291. The number of aliphatic imine (C=N–C) groups is 1. The third kappa shape index (κ3) is 4.98. The number of carbonyl (C=O) groups excluding carboxylic acids is 1. The SMILES string of the molecule is CCN(C)C(=O)CN=C1NC(CC(C)C)CS1. The summed E-state index contributed by atoms with van der Waals surface area (Å²) in [6.45, 7) is 7.41. The van der Waals surface area contributed by atoms with Crippen molar-refractivity contribution >= 4 is 22.8 Å². The molecule has 0 aliphatic carbocycles. The molecule has 0 aromatic heterocycles. The van der Waals surface area contributed by atoms with E-state index in [1.165, 1.54) is 0 Å². The van der Waals surface area contributed by atoms with E-state index < -0.39 is 0 Å². The second kappa shape index (κ2) is 6.89. The molecule has 1 fully saturated rings. The van der Waals surface area contributed by atoms with Crippen LogP contribution in [0.1, 0.15) is 27.2 Å². The maximum Gasteiger partial charge on any atom is 0.244 e. The van der Waals surface area contributed by atoms with Gasteiger partial charge in [-0.3, -0.25) is 9.79 Å². The summed E-state index contributed by atoms with van der Waals surface area (Å²) in [7, 11) is 1.80. The molecule has 0 saturated carbocycles. The number of rotatable bonds is 5. The van der Waals surface area contributed by atoms with E-state index in [9.17, 15) is 4.79 Å². The highest BCUT2D eigenvalue weighted by Crippen LogP contribution is 2.18. The average molecular weight is 257 g/mol. The van der Waals surface area contributed by atoms with Crippen molar-refractivity contribution in [1.82, 2.24) is 10.2 Å². The van der Waals surface area contributed by atoms with Gasteiger partial charge in [-0.2, -0.15) is 0 Å². The van der Waals surface area contributed by atoms with Crippen LogP contribution in [0.5, 0.6) is 0 Å². The fourth-order valence-corrected chi connectivity index (χ4v) is 2.65. The first-order valence-corrected chi connectivity index (χ1v) is 7.19. The molecule has 1 atom stereocenters. The van der Waals surface area contributed by atoms with Gasteiger partial charge < -0.3 is 10.2 Å². The average Bonchev–Trinajstić information content (AvgIpc) is 2.71. The van der Waals surface area contributed by atoms with Gasteiger partial charge in [0.25, 0.3) is 0 Å². The van der Waals surface area contributed by atoms with Crippen LogP contribution in [-0.2, 0) is 4.79 Å². The minimum atomic E-state index is 0.0784. The van der Waals surface area contributed by atoms with Gasteiger partial charge >= 0.3 is 0 Å². The Morgan fingerprint density at radius 2 is 2.35 bits per heavy atom. The van der Waals surface area contributed by atoms with E-state index in [1.54, 1.807) is 23.7 Å². The number of amidine groups is 1. The summed E-state index contributed by atoms with van der Waals surface area (Å²) in [5, 5.41) is 4.30. The summed E-state index contributed by atoms with van der Waals surface area (Å²) in [4.78, 5) is 17.6. The normalized spacial score (nSPS) is 21.9. The smallest absolute Gasteiger partial charge is 0.244 e. The standard InChI is InChI=1S/C12H23N3OS/c1-5-15(4)11(16)7-13-12-14-10(8-17-12)6-9(2)3/h9-10H,5-8H2,1-4H3,(H,13,14). The molecular weight excluding hydrogens is 234 g/mol. The van der Waals surface area contributed by atoms with E-state index in [4.69, 9.17) is 0 Å². The van der Waals surface area contributed by atoms with Crippen LogP contribution in [0.2, 0.25) is 0 Å². The summed E-state index contributed by atoms with van der Waals surface area (Å²) in [5.74, 6) is 1.84. The summed E-state index contributed by atoms with van der Waals surface area (Å²) < 4.78 is 0. The number of nitrogens with one attached hydrogen (secondary N) is 1. The fourth-order valence-electron chi connectivity index (χ4n) is 1.66. The fraction of sp³-hybridized carbons (Fsp3) is 0.833. The van der Waals surface area contributed by atoms with Gasteiger partial charge in [-0.1, -0.05) is 25.6 Å². The van der Waals surface area contributed by atoms with Crippen molar-refractivity contribution in [2.24, 2.45) is 10.9 Å². The van der Waals surface area contributed by atoms with E-state index in [2.05, 4.69) is 24.2 Å². The highest BCUT2D eigenvalue weighted by molar-refractivity contribution is 8.14. The minimum absolute atomic E-state index is 0.0784. The topological polar surface area (TPSA) is 44.7 Å². The first-order valence-electron chi connectivity index (χ1n) is 6.20. The van der Waals surface area contributed by atoms with E-state index in [-0.39, 0.29) is 12.5 Å². The Morgan fingerprint density at radius 3 is 2.94 bits per heavy atom. The van der Waals surface area contributed by atoms with Crippen molar-refractivity contribution in [2.75, 3.05) is 25.9 Å². The molecule has 0 bridgehead atoms. The Balaban J connectivity index is 2.35. The van der Waals surface area contributed by atoms with E-state index in [0.29, 0.717) is 12.0 Å². The van der Waals surface area contributed by atoms with Gasteiger partial charge in [0.05, 0.1) is 0 Å². The van der Waals surface area contributed by atoms with Gasteiger partial charge in [-0.05, 0) is 19.3 Å². The second-order valence-electron chi connectivity index (χ2n) is 4.81. The first kappa shape index (κ1) is 14.4. The van der Waals surface area contributed by atoms with Crippen molar-refractivity contribution < 1.29 is 4.79 Å². The van der Waals surface area contributed by atoms with Gasteiger partial charge in [0.1, 0.15) is 6.54 Å². The van der Waals surface area contributed by atoms with E-state index >= 15 is 0 Å². The van der Waals surface area contributed by atoms with Crippen molar-refractivity contribution in [2.45, 2.75) is 33.2 Å². The highest BCUT2D eigenvalue weighted by atomic mass is 32.2. The number of nitrogens with zero attached hydrogens (tertiary/aromatic N) is 2. The number of likely N-dealkylation sites (N-methyl/N-ethyl adjacent to an activating group) is 1. The summed E-state index contributed by atoms with van der Waals surface area (Å²) in [5.41, 5.74) is 0. The molecule has 0 aromatic rings. The molecule has 1 heterocycles. The van der Waals surface area contributed by atoms with Crippen LogP contribution < -0.4 is 5.32 Å². The predicted octanol–water partition coefficient (Wildman–Crippen LogP) is 1.57. The molecule has 1 unspecified atom stereocenters. The number of thioether (sulfide) groups is 1. The molecule has 17 heavy (non-hydrogen) atoms. The summed E-state index contributed by atoms with van der Waals surface area (Å²) >= 11 is 1.72.